The number of amides is 1. The maximum atomic E-state index is 12.0. The molecule has 19 heavy (non-hydrogen) atoms. The highest BCUT2D eigenvalue weighted by Crippen LogP contribution is 2.38. The number of fused-ring (bicyclic) bond motifs is 1. The molecule has 1 amide bonds. The van der Waals surface area contributed by atoms with Crippen LogP contribution in [0.1, 0.15) is 48.6 Å². The molecular formula is C14H19ClN2OS. The molecule has 2 atom stereocenters. The molecule has 2 aliphatic rings. The summed E-state index contributed by atoms with van der Waals surface area (Å²) in [4.78, 5) is 13.4. The zero-order valence-corrected chi connectivity index (χ0v) is 12.4. The van der Waals surface area contributed by atoms with Crippen molar-refractivity contribution < 1.29 is 4.79 Å². The van der Waals surface area contributed by atoms with E-state index in [1.54, 1.807) is 11.3 Å². The van der Waals surface area contributed by atoms with Crippen LogP contribution >= 0.6 is 22.9 Å². The molecule has 0 aromatic carbocycles. The maximum Gasteiger partial charge on any atom is 0.237 e. The highest BCUT2D eigenvalue weighted by molar-refractivity contribution is 7.16. The molecule has 1 aliphatic carbocycles. The van der Waals surface area contributed by atoms with Gasteiger partial charge in [0.05, 0.1) is 10.4 Å². The summed E-state index contributed by atoms with van der Waals surface area (Å²) >= 11 is 7.81. The molecule has 104 valence electrons. The Bertz CT molecular complexity index is 474. The summed E-state index contributed by atoms with van der Waals surface area (Å²) in [5.74, 6) is 0.158. The van der Waals surface area contributed by atoms with Gasteiger partial charge in [-0.25, -0.2) is 0 Å². The largest absolute Gasteiger partial charge is 0.355 e. The number of nitrogens with one attached hydrogen (secondary N) is 2. The van der Waals surface area contributed by atoms with E-state index in [-0.39, 0.29) is 11.9 Å². The Morgan fingerprint density at radius 2 is 2.11 bits per heavy atom. The van der Waals surface area contributed by atoms with Crippen molar-refractivity contribution in [3.05, 3.63) is 20.8 Å². The third-order valence-corrected chi connectivity index (χ3v) is 5.36. The lowest BCUT2D eigenvalue weighted by Gasteiger charge is -2.27. The van der Waals surface area contributed by atoms with Crippen LogP contribution in [0.5, 0.6) is 0 Å². The molecule has 3 rings (SSSR count). The van der Waals surface area contributed by atoms with Crippen LogP contribution in [-0.4, -0.2) is 18.5 Å². The Balaban J connectivity index is 1.74. The van der Waals surface area contributed by atoms with Gasteiger partial charge in [0.1, 0.15) is 0 Å². The summed E-state index contributed by atoms with van der Waals surface area (Å²) < 4.78 is 0.865. The summed E-state index contributed by atoms with van der Waals surface area (Å²) in [7, 11) is 0. The third-order valence-electron chi connectivity index (χ3n) is 4.02. The highest BCUT2D eigenvalue weighted by Gasteiger charge is 2.28. The van der Waals surface area contributed by atoms with E-state index in [1.165, 1.54) is 16.9 Å². The van der Waals surface area contributed by atoms with Crippen LogP contribution in [0.25, 0.3) is 0 Å². The zero-order valence-electron chi connectivity index (χ0n) is 10.9. The van der Waals surface area contributed by atoms with Crippen molar-refractivity contribution in [1.29, 1.82) is 0 Å². The van der Waals surface area contributed by atoms with Gasteiger partial charge in [0.25, 0.3) is 0 Å². The van der Waals surface area contributed by atoms with Crippen LogP contribution in [-0.2, 0) is 11.2 Å². The Kier molecular flexibility index (Phi) is 4.10. The lowest BCUT2D eigenvalue weighted by molar-refractivity contribution is -0.123. The molecule has 0 radical (unpaired) electrons. The standard InChI is InChI=1S/C14H19ClN2OS/c15-13-8-9-10(5-3-6-12(9)19-13)17-11-4-1-2-7-16-14(11)18/h8,10-11,17H,1-7H2,(H,16,18). The van der Waals surface area contributed by atoms with Crippen molar-refractivity contribution in [1.82, 2.24) is 10.6 Å². The van der Waals surface area contributed by atoms with Gasteiger partial charge < -0.3 is 5.32 Å². The zero-order chi connectivity index (χ0) is 13.2. The number of hydrogen-bond acceptors (Lipinski definition) is 3. The lowest BCUT2D eigenvalue weighted by atomic mass is 9.93. The number of rotatable bonds is 2. The van der Waals surface area contributed by atoms with Gasteiger partial charge in [-0.2, -0.15) is 0 Å². The third kappa shape index (κ3) is 2.96. The summed E-state index contributed by atoms with van der Waals surface area (Å²) in [5.41, 5.74) is 1.32. The molecule has 0 bridgehead atoms. The second-order valence-corrected chi connectivity index (χ2v) is 7.15. The van der Waals surface area contributed by atoms with E-state index in [0.717, 1.165) is 43.0 Å². The van der Waals surface area contributed by atoms with E-state index in [1.807, 2.05) is 0 Å². The van der Waals surface area contributed by atoms with E-state index >= 15 is 0 Å². The van der Waals surface area contributed by atoms with E-state index in [4.69, 9.17) is 11.6 Å². The van der Waals surface area contributed by atoms with Gasteiger partial charge in [-0.05, 0) is 50.2 Å². The highest BCUT2D eigenvalue weighted by atomic mass is 35.5. The molecule has 1 saturated heterocycles. The minimum absolute atomic E-state index is 0.0443. The average Bonchev–Trinajstić information content (AvgIpc) is 2.66. The smallest absolute Gasteiger partial charge is 0.237 e. The summed E-state index contributed by atoms with van der Waals surface area (Å²) in [6.07, 6.45) is 6.54. The Morgan fingerprint density at radius 1 is 1.26 bits per heavy atom. The van der Waals surface area contributed by atoms with Crippen LogP contribution in [0.15, 0.2) is 6.07 Å². The number of hydrogen-bond donors (Lipinski definition) is 2. The van der Waals surface area contributed by atoms with Gasteiger partial charge in [-0.15, -0.1) is 11.3 Å². The summed E-state index contributed by atoms with van der Waals surface area (Å²) in [6, 6.07) is 2.32. The monoisotopic (exact) mass is 298 g/mol. The molecule has 0 spiro atoms. The Hall–Kier alpha value is -0.580. The molecule has 2 unspecified atom stereocenters. The van der Waals surface area contributed by atoms with Gasteiger partial charge >= 0.3 is 0 Å². The van der Waals surface area contributed by atoms with E-state index < -0.39 is 0 Å². The van der Waals surface area contributed by atoms with Gasteiger partial charge in [-0.1, -0.05) is 11.6 Å². The van der Waals surface area contributed by atoms with Crippen molar-refractivity contribution in [2.24, 2.45) is 0 Å². The Labute approximate surface area is 122 Å². The topological polar surface area (TPSA) is 41.1 Å². The van der Waals surface area contributed by atoms with E-state index in [0.29, 0.717) is 6.04 Å². The first kappa shape index (κ1) is 13.4. The minimum atomic E-state index is -0.0443. The van der Waals surface area contributed by atoms with Gasteiger partial charge in [0.15, 0.2) is 0 Å². The number of carbonyl (C=O) groups excluding carboxylic acids is 1. The quantitative estimate of drug-likeness (QED) is 0.881. The fraction of sp³-hybridized carbons (Fsp3) is 0.643. The minimum Gasteiger partial charge on any atom is -0.355 e. The molecule has 1 aromatic heterocycles. The number of thiophene rings is 1. The predicted molar refractivity (Wildman–Crippen MR) is 78.8 cm³/mol. The van der Waals surface area contributed by atoms with Crippen molar-refractivity contribution in [2.75, 3.05) is 6.54 Å². The molecule has 2 N–H and O–H groups in total. The summed E-state index contributed by atoms with van der Waals surface area (Å²) in [5, 5.41) is 6.54. The fourth-order valence-electron chi connectivity index (χ4n) is 3.04. The molecule has 1 aromatic rings. The second-order valence-electron chi connectivity index (χ2n) is 5.38. The van der Waals surface area contributed by atoms with Crippen LogP contribution in [0.2, 0.25) is 4.34 Å². The van der Waals surface area contributed by atoms with Crippen LogP contribution < -0.4 is 10.6 Å². The average molecular weight is 299 g/mol. The molecule has 0 saturated carbocycles. The van der Waals surface area contributed by atoms with E-state index in [9.17, 15) is 4.79 Å². The van der Waals surface area contributed by atoms with Gasteiger partial charge in [0, 0.05) is 17.5 Å². The summed E-state index contributed by atoms with van der Waals surface area (Å²) in [6.45, 7) is 0.817. The molecule has 1 fully saturated rings. The van der Waals surface area contributed by atoms with Gasteiger partial charge in [0.2, 0.25) is 5.91 Å². The first-order valence-corrected chi connectivity index (χ1v) is 8.25. The lowest BCUT2D eigenvalue weighted by Crippen LogP contribution is -2.44. The van der Waals surface area contributed by atoms with Crippen LogP contribution in [0.3, 0.4) is 0 Å². The molecular weight excluding hydrogens is 280 g/mol. The fourth-order valence-corrected chi connectivity index (χ4v) is 4.42. The first-order valence-electron chi connectivity index (χ1n) is 7.06. The van der Waals surface area contributed by atoms with Crippen molar-refractivity contribution >= 4 is 28.8 Å². The molecule has 5 heteroatoms. The van der Waals surface area contributed by atoms with Crippen molar-refractivity contribution in [3.63, 3.8) is 0 Å². The molecule has 1 aliphatic heterocycles. The second kappa shape index (κ2) is 5.81. The first-order chi connectivity index (χ1) is 9.24. The maximum absolute atomic E-state index is 12.0. The normalized spacial score (nSPS) is 27.5. The van der Waals surface area contributed by atoms with Crippen molar-refractivity contribution in [3.8, 4) is 0 Å². The molecule has 2 heterocycles. The predicted octanol–water partition coefficient (Wildman–Crippen LogP) is 3.04. The van der Waals surface area contributed by atoms with Crippen molar-refractivity contribution in [2.45, 2.75) is 50.6 Å². The van der Waals surface area contributed by atoms with Crippen LogP contribution in [0, 0.1) is 0 Å². The molecule has 3 nitrogen and oxygen atoms in total. The van der Waals surface area contributed by atoms with Crippen LogP contribution in [0.4, 0.5) is 0 Å². The van der Waals surface area contributed by atoms with E-state index in [2.05, 4.69) is 16.7 Å². The Morgan fingerprint density at radius 3 is 3.00 bits per heavy atom. The number of halogens is 1. The van der Waals surface area contributed by atoms with Gasteiger partial charge in [-0.3, -0.25) is 10.1 Å². The number of aryl methyl sites for hydroxylation is 1. The SMILES string of the molecule is O=C1NCCCCC1NC1CCCc2sc(Cl)cc21. The number of carbonyl (C=O) groups is 1.